The summed E-state index contributed by atoms with van der Waals surface area (Å²) in [6.07, 6.45) is 1.42. The number of aromatic nitrogens is 3. The molecule has 1 aliphatic heterocycles. The highest BCUT2D eigenvalue weighted by Gasteiger charge is 2.32. The second-order valence-electron chi connectivity index (χ2n) is 7.84. The molecular weight excluding hydrogens is 576 g/mol. The Balaban J connectivity index is 1.72. The SMILES string of the molecule is CSc1cc(C2CCC(C)(C)O2)ccc1Nc1cc(Cl)nc2c1nc(C(F)F)n2PI. The molecule has 0 radical (unpaired) electrons. The maximum absolute atomic E-state index is 13.5. The summed E-state index contributed by atoms with van der Waals surface area (Å²) in [7, 11) is 0. The van der Waals surface area contributed by atoms with Gasteiger partial charge in [-0.1, -0.05) is 17.7 Å². The van der Waals surface area contributed by atoms with E-state index in [4.69, 9.17) is 16.3 Å². The maximum Gasteiger partial charge on any atom is 0.295 e. The number of benzene rings is 1. The normalized spacial score (nSPS) is 18.6. The van der Waals surface area contributed by atoms with Crippen molar-refractivity contribution in [1.29, 1.82) is 0 Å². The Hall–Kier alpha value is -0.740. The van der Waals surface area contributed by atoms with Gasteiger partial charge in [-0.25, -0.2) is 18.7 Å². The number of anilines is 2. The Kier molecular flexibility index (Phi) is 6.99. The molecule has 0 aliphatic carbocycles. The number of halogens is 4. The van der Waals surface area contributed by atoms with Crippen LogP contribution >= 0.6 is 51.8 Å². The van der Waals surface area contributed by atoms with Gasteiger partial charge in [0.05, 0.1) is 29.5 Å². The van der Waals surface area contributed by atoms with Crippen LogP contribution in [-0.4, -0.2) is 26.2 Å². The number of nitrogens with one attached hydrogen (secondary N) is 1. The number of alkyl halides is 2. The number of thioether (sulfide) groups is 1. The van der Waals surface area contributed by atoms with Gasteiger partial charge in [0.1, 0.15) is 10.7 Å². The molecule has 11 heteroatoms. The number of ether oxygens (including phenoxy) is 1. The molecule has 0 saturated carbocycles. The number of nitrogens with zero attached hydrogens (tertiary/aromatic N) is 3. The summed E-state index contributed by atoms with van der Waals surface area (Å²) in [5, 5.41) is 3.56. The van der Waals surface area contributed by atoms with Crippen LogP contribution in [-0.2, 0) is 4.74 Å². The van der Waals surface area contributed by atoms with Crippen molar-refractivity contribution in [2.24, 2.45) is 0 Å². The molecule has 2 unspecified atom stereocenters. The highest BCUT2D eigenvalue weighted by atomic mass is 127. The van der Waals surface area contributed by atoms with Crippen LogP contribution < -0.4 is 5.32 Å². The van der Waals surface area contributed by atoms with Gasteiger partial charge >= 0.3 is 0 Å². The molecule has 0 amide bonds. The molecule has 3 heterocycles. The molecule has 4 rings (SSSR count). The third-order valence-corrected chi connectivity index (χ3v) is 8.26. The molecule has 5 nitrogen and oxygen atoms in total. The fraction of sp³-hybridized carbons (Fsp3) is 0.400. The van der Waals surface area contributed by atoms with Crippen molar-refractivity contribution in [2.45, 2.75) is 49.7 Å². The van der Waals surface area contributed by atoms with Crippen LogP contribution in [0.25, 0.3) is 11.2 Å². The number of hydrogen-bond acceptors (Lipinski definition) is 5. The quantitative estimate of drug-likeness (QED) is 0.136. The molecular formula is C20H21ClF2IN4OPS. The Morgan fingerprint density at radius 1 is 1.32 bits per heavy atom. The lowest BCUT2D eigenvalue weighted by atomic mass is 10.0. The number of fused-ring (bicyclic) bond motifs is 1. The summed E-state index contributed by atoms with van der Waals surface area (Å²) >= 11 is 9.86. The average Bonchev–Trinajstić information content (AvgIpc) is 3.28. The second kappa shape index (κ2) is 9.25. The summed E-state index contributed by atoms with van der Waals surface area (Å²) < 4.78 is 34.6. The molecule has 3 aromatic rings. The van der Waals surface area contributed by atoms with Crippen LogP contribution in [0, 0.1) is 0 Å². The third-order valence-electron chi connectivity index (χ3n) is 5.23. The average molecular weight is 597 g/mol. The lowest BCUT2D eigenvalue weighted by Crippen LogP contribution is -2.17. The predicted octanol–water partition coefficient (Wildman–Crippen LogP) is 7.91. The fourth-order valence-corrected chi connectivity index (χ4v) is 6.41. The molecule has 0 spiro atoms. The highest BCUT2D eigenvalue weighted by molar-refractivity contribution is 14.2. The van der Waals surface area contributed by atoms with E-state index in [0.717, 1.165) is 29.0 Å². The van der Waals surface area contributed by atoms with E-state index in [1.165, 1.54) is 4.34 Å². The van der Waals surface area contributed by atoms with Crippen molar-refractivity contribution in [3.63, 3.8) is 0 Å². The lowest BCUT2D eigenvalue weighted by molar-refractivity contribution is -0.0164. The van der Waals surface area contributed by atoms with E-state index in [-0.39, 0.29) is 29.1 Å². The van der Waals surface area contributed by atoms with Crippen molar-refractivity contribution in [3.8, 4) is 0 Å². The molecule has 1 aliphatic rings. The van der Waals surface area contributed by atoms with Gasteiger partial charge in [0.2, 0.25) is 0 Å². The van der Waals surface area contributed by atoms with Gasteiger partial charge in [-0.3, -0.25) is 4.34 Å². The maximum atomic E-state index is 13.5. The minimum absolute atomic E-state index is 0.0317. The fourth-order valence-electron chi connectivity index (χ4n) is 3.73. The molecule has 1 N–H and O–H groups in total. The van der Waals surface area contributed by atoms with Crippen LogP contribution in [0.2, 0.25) is 5.15 Å². The van der Waals surface area contributed by atoms with Crippen molar-refractivity contribution >= 4 is 74.3 Å². The molecule has 1 fully saturated rings. The highest BCUT2D eigenvalue weighted by Crippen LogP contribution is 2.42. The second-order valence-corrected chi connectivity index (χ2v) is 11.1. The van der Waals surface area contributed by atoms with E-state index < -0.39 is 6.43 Å². The molecule has 2 aromatic heterocycles. The first-order valence-electron chi connectivity index (χ1n) is 9.59. The smallest absolute Gasteiger partial charge is 0.295 e. The zero-order valence-corrected chi connectivity index (χ0v) is 21.8. The number of imidazole rings is 1. The van der Waals surface area contributed by atoms with Gasteiger partial charge in [-0.2, -0.15) is 0 Å². The minimum atomic E-state index is -2.69. The topological polar surface area (TPSA) is 52.0 Å². The first-order valence-corrected chi connectivity index (χ1v) is 15.3. The largest absolute Gasteiger partial charge is 0.368 e. The molecule has 1 aromatic carbocycles. The van der Waals surface area contributed by atoms with E-state index in [0.29, 0.717) is 16.9 Å². The summed E-state index contributed by atoms with van der Waals surface area (Å²) in [6, 6.07) is 7.77. The van der Waals surface area contributed by atoms with Crippen LogP contribution in [0.3, 0.4) is 0 Å². The summed E-state index contributed by atoms with van der Waals surface area (Å²) in [5.74, 6) is -0.304. The predicted molar refractivity (Wildman–Crippen MR) is 134 cm³/mol. The summed E-state index contributed by atoms with van der Waals surface area (Å²) in [4.78, 5) is 9.45. The molecule has 166 valence electrons. The van der Waals surface area contributed by atoms with E-state index in [1.807, 2.05) is 40.4 Å². The van der Waals surface area contributed by atoms with E-state index in [9.17, 15) is 8.78 Å². The van der Waals surface area contributed by atoms with Gasteiger partial charge < -0.3 is 10.1 Å². The van der Waals surface area contributed by atoms with E-state index >= 15 is 0 Å². The number of rotatable bonds is 6. The monoisotopic (exact) mass is 596 g/mol. The zero-order chi connectivity index (χ0) is 22.3. The number of pyridine rings is 1. The Morgan fingerprint density at radius 3 is 2.71 bits per heavy atom. The van der Waals surface area contributed by atoms with E-state index in [2.05, 4.69) is 35.2 Å². The van der Waals surface area contributed by atoms with Gasteiger partial charge in [0.25, 0.3) is 6.43 Å². The van der Waals surface area contributed by atoms with Crippen LogP contribution in [0.15, 0.2) is 29.2 Å². The first-order chi connectivity index (χ1) is 14.7. The van der Waals surface area contributed by atoms with Crippen LogP contribution in [0.1, 0.15) is 50.6 Å². The van der Waals surface area contributed by atoms with Crippen molar-refractivity contribution in [2.75, 3.05) is 11.6 Å². The Bertz CT molecular complexity index is 1130. The molecule has 1 saturated heterocycles. The van der Waals surface area contributed by atoms with Gasteiger partial charge in [0.15, 0.2) is 11.5 Å². The number of hydrogen-bond donors (Lipinski definition) is 1. The van der Waals surface area contributed by atoms with Crippen LogP contribution in [0.5, 0.6) is 0 Å². The third kappa shape index (κ3) is 4.81. The summed E-state index contributed by atoms with van der Waals surface area (Å²) in [5.41, 5.74) is 3.14. The molecule has 31 heavy (non-hydrogen) atoms. The summed E-state index contributed by atoms with van der Waals surface area (Å²) in [6.45, 7) is 4.22. The van der Waals surface area contributed by atoms with Gasteiger partial charge in [-0.05, 0) is 72.7 Å². The van der Waals surface area contributed by atoms with Crippen molar-refractivity contribution in [1.82, 2.24) is 14.3 Å². The van der Waals surface area contributed by atoms with Crippen molar-refractivity contribution < 1.29 is 13.5 Å². The zero-order valence-electron chi connectivity index (χ0n) is 17.0. The van der Waals surface area contributed by atoms with Gasteiger partial charge in [-0.15, -0.1) is 11.8 Å². The lowest BCUT2D eigenvalue weighted by Gasteiger charge is -2.20. The minimum Gasteiger partial charge on any atom is -0.368 e. The van der Waals surface area contributed by atoms with E-state index in [1.54, 1.807) is 17.8 Å². The van der Waals surface area contributed by atoms with Crippen molar-refractivity contribution in [3.05, 3.63) is 40.8 Å². The standard InChI is InChI=1S/C20H21ClF2IN4OPS/c1-20(2)7-6-13(29-20)10-4-5-11(14(8-10)31-3)25-12-9-15(21)26-18-16(12)27-19(17(22)23)28(18)30-24/h4-5,8-9,13,17,30H,6-7H2,1-3H3,(H,25,26). The molecule has 0 bridgehead atoms. The molecule has 2 atom stereocenters. The van der Waals surface area contributed by atoms with Gasteiger partial charge in [0, 0.05) is 11.0 Å². The van der Waals surface area contributed by atoms with Crippen LogP contribution in [0.4, 0.5) is 20.2 Å². The Morgan fingerprint density at radius 2 is 2.10 bits per heavy atom. The first kappa shape index (κ1) is 23.4. The Labute approximate surface area is 203 Å².